The van der Waals surface area contributed by atoms with Gasteiger partial charge in [-0.3, -0.25) is 0 Å². The molecule has 0 unspecified atom stereocenters. The Morgan fingerprint density at radius 1 is 1.24 bits per heavy atom. The predicted octanol–water partition coefficient (Wildman–Crippen LogP) is 3.43. The second-order valence-electron chi connectivity index (χ2n) is 5.10. The molecule has 4 heteroatoms. The van der Waals surface area contributed by atoms with Gasteiger partial charge in [-0.05, 0) is 31.6 Å². The van der Waals surface area contributed by atoms with E-state index in [1.165, 1.54) is 49.1 Å². The second kappa shape index (κ2) is 4.23. The summed E-state index contributed by atoms with van der Waals surface area (Å²) in [6.07, 6.45) is 7.61. The van der Waals surface area contributed by atoms with Gasteiger partial charge in [-0.2, -0.15) is 5.26 Å². The fourth-order valence-electron chi connectivity index (χ4n) is 2.68. The van der Waals surface area contributed by atoms with E-state index in [2.05, 4.69) is 11.4 Å². The van der Waals surface area contributed by atoms with Crippen molar-refractivity contribution in [2.45, 2.75) is 50.5 Å². The van der Waals surface area contributed by atoms with Gasteiger partial charge < -0.3 is 11.1 Å². The molecule has 0 amide bonds. The molecule has 2 aliphatic rings. The molecule has 2 aliphatic carbocycles. The smallest absolute Gasteiger partial charge is 0.130 e. The van der Waals surface area contributed by atoms with E-state index in [1.807, 2.05) is 0 Å². The third-order valence-corrected chi connectivity index (χ3v) is 4.82. The first-order valence-corrected chi connectivity index (χ1v) is 7.20. The van der Waals surface area contributed by atoms with Crippen molar-refractivity contribution in [1.29, 1.82) is 5.26 Å². The summed E-state index contributed by atoms with van der Waals surface area (Å²) < 4.78 is 0. The lowest BCUT2D eigenvalue weighted by atomic mass is 10.1. The Labute approximate surface area is 106 Å². The van der Waals surface area contributed by atoms with E-state index in [1.54, 1.807) is 11.3 Å². The molecule has 0 spiro atoms. The molecule has 0 aliphatic heterocycles. The van der Waals surface area contributed by atoms with Crippen LogP contribution in [-0.2, 0) is 0 Å². The lowest BCUT2D eigenvalue weighted by Crippen LogP contribution is -2.14. The lowest BCUT2D eigenvalue weighted by molar-refractivity contribution is 0.756. The Balaban J connectivity index is 1.89. The summed E-state index contributed by atoms with van der Waals surface area (Å²) in [5, 5.41) is 13.9. The van der Waals surface area contributed by atoms with E-state index >= 15 is 0 Å². The monoisotopic (exact) mass is 247 g/mol. The number of anilines is 2. The van der Waals surface area contributed by atoms with Crippen LogP contribution in [0.25, 0.3) is 0 Å². The molecule has 0 saturated heterocycles. The maximum absolute atomic E-state index is 9.07. The zero-order valence-corrected chi connectivity index (χ0v) is 10.6. The van der Waals surface area contributed by atoms with Crippen molar-refractivity contribution in [2.75, 3.05) is 11.1 Å². The first-order valence-electron chi connectivity index (χ1n) is 6.38. The summed E-state index contributed by atoms with van der Waals surface area (Å²) in [6, 6.07) is 2.81. The van der Waals surface area contributed by atoms with E-state index in [-0.39, 0.29) is 0 Å². The highest BCUT2D eigenvalue weighted by Gasteiger charge is 2.32. The predicted molar refractivity (Wildman–Crippen MR) is 71.3 cm³/mol. The van der Waals surface area contributed by atoms with Crippen molar-refractivity contribution in [3.8, 4) is 6.07 Å². The average molecular weight is 247 g/mol. The molecule has 2 fully saturated rings. The minimum Gasteiger partial charge on any atom is -0.397 e. The standard InChI is InChI=1S/C13H17N3S/c14-7-10-12(15)11(8-5-6-8)13(17-10)16-9-3-1-2-4-9/h8-9,16H,1-6,15H2. The normalized spacial score (nSPS) is 20.4. The van der Waals surface area contributed by atoms with Gasteiger partial charge in [0.25, 0.3) is 0 Å². The number of nitrogens with two attached hydrogens (primary N) is 1. The number of nitrogen functional groups attached to an aromatic ring is 1. The second-order valence-corrected chi connectivity index (χ2v) is 6.12. The number of thiophene rings is 1. The molecular formula is C13H17N3S. The lowest BCUT2D eigenvalue weighted by Gasteiger charge is -2.13. The quantitative estimate of drug-likeness (QED) is 0.860. The van der Waals surface area contributed by atoms with Gasteiger partial charge >= 0.3 is 0 Å². The zero-order valence-electron chi connectivity index (χ0n) is 9.83. The van der Waals surface area contributed by atoms with Crippen LogP contribution in [0.15, 0.2) is 0 Å². The number of nitrogens with zero attached hydrogens (tertiary/aromatic N) is 1. The number of hydrogen-bond acceptors (Lipinski definition) is 4. The topological polar surface area (TPSA) is 61.8 Å². The molecule has 1 aromatic rings. The summed E-state index contributed by atoms with van der Waals surface area (Å²) in [6.45, 7) is 0. The average Bonchev–Trinajstić information content (AvgIpc) is 2.92. The highest BCUT2D eigenvalue weighted by molar-refractivity contribution is 7.17. The maximum atomic E-state index is 9.07. The first-order chi connectivity index (χ1) is 8.29. The van der Waals surface area contributed by atoms with Gasteiger partial charge in [-0.1, -0.05) is 12.8 Å². The van der Waals surface area contributed by atoms with Crippen LogP contribution in [0.5, 0.6) is 0 Å². The number of nitrogens with one attached hydrogen (secondary N) is 1. The van der Waals surface area contributed by atoms with Crippen molar-refractivity contribution >= 4 is 22.0 Å². The molecule has 0 aromatic carbocycles. The fourth-order valence-corrected chi connectivity index (χ4v) is 3.76. The van der Waals surface area contributed by atoms with Crippen LogP contribution in [-0.4, -0.2) is 6.04 Å². The fraction of sp³-hybridized carbons (Fsp3) is 0.615. The largest absolute Gasteiger partial charge is 0.397 e. The van der Waals surface area contributed by atoms with Crippen molar-refractivity contribution in [3.63, 3.8) is 0 Å². The molecule has 3 nitrogen and oxygen atoms in total. The van der Waals surface area contributed by atoms with Crippen LogP contribution in [0.2, 0.25) is 0 Å². The summed E-state index contributed by atoms with van der Waals surface area (Å²) in [5.41, 5.74) is 8.05. The van der Waals surface area contributed by atoms with E-state index in [4.69, 9.17) is 11.0 Å². The molecule has 0 bridgehead atoms. The third kappa shape index (κ3) is 2.00. The molecule has 90 valence electrons. The summed E-state index contributed by atoms with van der Waals surface area (Å²) in [7, 11) is 0. The molecule has 0 radical (unpaired) electrons. The first kappa shape index (κ1) is 10.9. The number of rotatable bonds is 3. The Morgan fingerprint density at radius 2 is 1.94 bits per heavy atom. The maximum Gasteiger partial charge on any atom is 0.130 e. The summed E-state index contributed by atoms with van der Waals surface area (Å²) >= 11 is 1.54. The van der Waals surface area contributed by atoms with Crippen LogP contribution in [0.3, 0.4) is 0 Å². The van der Waals surface area contributed by atoms with E-state index in [0.717, 1.165) is 5.69 Å². The Morgan fingerprint density at radius 3 is 2.53 bits per heavy atom. The van der Waals surface area contributed by atoms with Crippen molar-refractivity contribution in [1.82, 2.24) is 0 Å². The van der Waals surface area contributed by atoms with Crippen LogP contribution < -0.4 is 11.1 Å². The van der Waals surface area contributed by atoms with Gasteiger partial charge in [0.2, 0.25) is 0 Å². The summed E-state index contributed by atoms with van der Waals surface area (Å²) in [5.74, 6) is 0.609. The minimum atomic E-state index is 0.595. The van der Waals surface area contributed by atoms with E-state index < -0.39 is 0 Å². The Bertz CT molecular complexity index is 462. The molecule has 2 saturated carbocycles. The minimum absolute atomic E-state index is 0.595. The molecular weight excluding hydrogens is 230 g/mol. The SMILES string of the molecule is N#Cc1sc(NC2CCCC2)c(C2CC2)c1N. The highest BCUT2D eigenvalue weighted by atomic mass is 32.1. The van der Waals surface area contributed by atoms with Gasteiger partial charge in [0.15, 0.2) is 0 Å². The molecule has 0 atom stereocenters. The number of hydrogen-bond donors (Lipinski definition) is 2. The molecule has 1 aromatic heterocycles. The van der Waals surface area contributed by atoms with Crippen LogP contribution in [0.1, 0.15) is 54.9 Å². The Hall–Kier alpha value is -1.21. The van der Waals surface area contributed by atoms with Gasteiger partial charge in [-0.25, -0.2) is 0 Å². The van der Waals surface area contributed by atoms with Gasteiger partial charge in [0.05, 0.1) is 10.7 Å². The van der Waals surface area contributed by atoms with Crippen molar-refractivity contribution in [2.24, 2.45) is 0 Å². The number of nitriles is 1. The van der Waals surface area contributed by atoms with Gasteiger partial charge in [0, 0.05) is 11.6 Å². The van der Waals surface area contributed by atoms with Crippen molar-refractivity contribution < 1.29 is 0 Å². The molecule has 3 rings (SSSR count). The van der Waals surface area contributed by atoms with Crippen LogP contribution in [0.4, 0.5) is 10.7 Å². The molecule has 1 heterocycles. The molecule has 3 N–H and O–H groups in total. The van der Waals surface area contributed by atoms with Gasteiger partial charge in [0.1, 0.15) is 10.9 Å². The highest BCUT2D eigenvalue weighted by Crippen LogP contribution is 2.51. The Kier molecular flexibility index (Phi) is 2.71. The molecule has 17 heavy (non-hydrogen) atoms. The van der Waals surface area contributed by atoms with Gasteiger partial charge in [-0.15, -0.1) is 11.3 Å². The zero-order chi connectivity index (χ0) is 11.8. The van der Waals surface area contributed by atoms with Crippen molar-refractivity contribution in [3.05, 3.63) is 10.4 Å². The third-order valence-electron chi connectivity index (χ3n) is 3.76. The van der Waals surface area contributed by atoms with Crippen LogP contribution >= 0.6 is 11.3 Å². The van der Waals surface area contributed by atoms with Crippen LogP contribution in [0, 0.1) is 11.3 Å². The van der Waals surface area contributed by atoms with E-state index in [9.17, 15) is 0 Å². The summed E-state index contributed by atoms with van der Waals surface area (Å²) in [4.78, 5) is 0.687. The van der Waals surface area contributed by atoms with E-state index in [0.29, 0.717) is 16.8 Å².